The zero-order chi connectivity index (χ0) is 15.6. The quantitative estimate of drug-likeness (QED) is 0.441. The second-order valence-electron chi connectivity index (χ2n) is 7.75. The molecule has 0 bridgehead atoms. The number of hydrogen-bond donors (Lipinski definition) is 1. The Morgan fingerprint density at radius 2 is 2.00 bits per heavy atom. The SMILES string of the molecule is C/C(=C\CC[C@H]1O[C@@]1(C)CO)CO[Si](C)(C)C(C)(C)C. The van der Waals surface area contributed by atoms with Crippen molar-refractivity contribution >= 4 is 8.32 Å². The molecular formula is C16H32O3Si. The van der Waals surface area contributed by atoms with E-state index in [-0.39, 0.29) is 23.4 Å². The van der Waals surface area contributed by atoms with E-state index in [0.29, 0.717) is 0 Å². The molecule has 0 amide bonds. The number of epoxide rings is 1. The molecule has 0 spiro atoms. The average molecular weight is 301 g/mol. The Hall–Kier alpha value is -0.163. The molecular weight excluding hydrogens is 268 g/mol. The molecule has 118 valence electrons. The summed E-state index contributed by atoms with van der Waals surface area (Å²) < 4.78 is 11.7. The van der Waals surface area contributed by atoms with E-state index in [0.717, 1.165) is 19.4 Å². The van der Waals surface area contributed by atoms with E-state index >= 15 is 0 Å². The lowest BCUT2D eigenvalue weighted by molar-refractivity contribution is 0.184. The number of allylic oxidation sites excluding steroid dienone is 1. The number of rotatable bonds is 7. The van der Waals surface area contributed by atoms with Gasteiger partial charge in [-0.2, -0.15) is 0 Å². The van der Waals surface area contributed by atoms with E-state index in [9.17, 15) is 0 Å². The zero-order valence-corrected chi connectivity index (χ0v) is 15.2. The summed E-state index contributed by atoms with van der Waals surface area (Å²) in [5, 5.41) is 9.40. The summed E-state index contributed by atoms with van der Waals surface area (Å²) in [6, 6.07) is 0. The summed E-state index contributed by atoms with van der Waals surface area (Å²) >= 11 is 0. The Labute approximate surface area is 125 Å². The molecule has 1 aliphatic rings. The molecule has 0 aromatic carbocycles. The maximum absolute atomic E-state index is 9.14. The highest BCUT2D eigenvalue weighted by Gasteiger charge is 2.50. The third-order valence-corrected chi connectivity index (χ3v) is 9.22. The lowest BCUT2D eigenvalue weighted by atomic mass is 10.0. The summed E-state index contributed by atoms with van der Waals surface area (Å²) in [7, 11) is -1.64. The van der Waals surface area contributed by atoms with E-state index in [2.05, 4.69) is 46.9 Å². The molecule has 0 aromatic heterocycles. The Morgan fingerprint density at radius 3 is 2.45 bits per heavy atom. The highest BCUT2D eigenvalue weighted by Crippen LogP contribution is 2.39. The maximum atomic E-state index is 9.14. The maximum Gasteiger partial charge on any atom is 0.192 e. The predicted octanol–water partition coefficient (Wildman–Crippen LogP) is 3.88. The van der Waals surface area contributed by atoms with Gasteiger partial charge in [-0.05, 0) is 44.8 Å². The third-order valence-electron chi connectivity index (χ3n) is 4.74. The fourth-order valence-corrected chi connectivity index (χ4v) is 2.87. The van der Waals surface area contributed by atoms with Crippen LogP contribution in [0.5, 0.6) is 0 Å². The highest BCUT2D eigenvalue weighted by molar-refractivity contribution is 6.74. The first-order valence-corrected chi connectivity index (χ1v) is 10.5. The molecule has 0 radical (unpaired) electrons. The summed E-state index contributed by atoms with van der Waals surface area (Å²) in [6.45, 7) is 16.3. The van der Waals surface area contributed by atoms with E-state index in [1.54, 1.807) is 0 Å². The van der Waals surface area contributed by atoms with Crippen LogP contribution >= 0.6 is 0 Å². The average Bonchev–Trinajstić information content (AvgIpc) is 2.97. The van der Waals surface area contributed by atoms with Crippen LogP contribution < -0.4 is 0 Å². The van der Waals surface area contributed by atoms with Crippen molar-refractivity contribution in [2.45, 2.75) is 77.3 Å². The van der Waals surface area contributed by atoms with Crippen LogP contribution in [0, 0.1) is 0 Å². The molecule has 0 aromatic rings. The Bertz CT molecular complexity index is 357. The van der Waals surface area contributed by atoms with Crippen molar-refractivity contribution in [3.05, 3.63) is 11.6 Å². The van der Waals surface area contributed by atoms with Crippen molar-refractivity contribution in [2.75, 3.05) is 13.2 Å². The zero-order valence-electron chi connectivity index (χ0n) is 14.2. The molecule has 1 heterocycles. The monoisotopic (exact) mass is 300 g/mol. The number of hydrogen-bond acceptors (Lipinski definition) is 3. The summed E-state index contributed by atoms with van der Waals surface area (Å²) in [4.78, 5) is 0. The van der Waals surface area contributed by atoms with Gasteiger partial charge in [-0.25, -0.2) is 0 Å². The van der Waals surface area contributed by atoms with Crippen molar-refractivity contribution in [1.29, 1.82) is 0 Å². The summed E-state index contributed by atoms with van der Waals surface area (Å²) in [5.74, 6) is 0. The number of ether oxygens (including phenoxy) is 1. The first kappa shape index (κ1) is 17.9. The second-order valence-corrected chi connectivity index (χ2v) is 12.6. The topological polar surface area (TPSA) is 42.0 Å². The van der Waals surface area contributed by atoms with Gasteiger partial charge in [0.1, 0.15) is 5.60 Å². The van der Waals surface area contributed by atoms with Gasteiger partial charge >= 0.3 is 0 Å². The molecule has 1 aliphatic heterocycles. The fraction of sp³-hybridized carbons (Fsp3) is 0.875. The summed E-state index contributed by atoms with van der Waals surface area (Å²) in [5.41, 5.74) is 1.01. The second kappa shape index (κ2) is 6.30. The van der Waals surface area contributed by atoms with Crippen LogP contribution in [0.3, 0.4) is 0 Å². The summed E-state index contributed by atoms with van der Waals surface area (Å²) in [6.07, 6.45) is 4.44. The molecule has 1 rings (SSSR count). The Kier molecular flexibility index (Phi) is 5.64. The first-order chi connectivity index (χ1) is 9.02. The molecule has 20 heavy (non-hydrogen) atoms. The number of aliphatic hydroxyl groups excluding tert-OH is 1. The van der Waals surface area contributed by atoms with Crippen LogP contribution in [0.15, 0.2) is 11.6 Å². The largest absolute Gasteiger partial charge is 0.413 e. The molecule has 3 nitrogen and oxygen atoms in total. The van der Waals surface area contributed by atoms with Gasteiger partial charge in [0.2, 0.25) is 0 Å². The van der Waals surface area contributed by atoms with Crippen LogP contribution in [0.4, 0.5) is 0 Å². The van der Waals surface area contributed by atoms with Crippen LogP contribution in [-0.4, -0.2) is 38.3 Å². The lowest BCUT2D eigenvalue weighted by Gasteiger charge is -2.36. The van der Waals surface area contributed by atoms with Gasteiger partial charge in [0.05, 0.1) is 19.3 Å². The first-order valence-electron chi connectivity index (χ1n) is 7.60. The van der Waals surface area contributed by atoms with Crippen LogP contribution in [0.2, 0.25) is 18.1 Å². The smallest absolute Gasteiger partial charge is 0.192 e. The van der Waals surface area contributed by atoms with E-state index in [1.807, 2.05) is 6.92 Å². The third kappa shape index (κ3) is 4.69. The van der Waals surface area contributed by atoms with Crippen LogP contribution in [-0.2, 0) is 9.16 Å². The van der Waals surface area contributed by atoms with Crippen LogP contribution in [0.25, 0.3) is 0 Å². The molecule has 0 saturated carbocycles. The van der Waals surface area contributed by atoms with Gasteiger partial charge in [-0.1, -0.05) is 32.4 Å². The Balaban J connectivity index is 2.30. The molecule has 4 heteroatoms. The minimum absolute atomic E-state index is 0.120. The van der Waals surface area contributed by atoms with E-state index in [4.69, 9.17) is 14.3 Å². The van der Waals surface area contributed by atoms with Crippen molar-refractivity contribution < 1.29 is 14.3 Å². The Morgan fingerprint density at radius 1 is 1.40 bits per heavy atom. The normalized spacial score (nSPS) is 27.8. The fourth-order valence-electron chi connectivity index (χ4n) is 1.85. The van der Waals surface area contributed by atoms with Crippen molar-refractivity contribution in [3.8, 4) is 0 Å². The van der Waals surface area contributed by atoms with Gasteiger partial charge in [-0.3, -0.25) is 0 Å². The van der Waals surface area contributed by atoms with Crippen molar-refractivity contribution in [2.24, 2.45) is 0 Å². The van der Waals surface area contributed by atoms with Gasteiger partial charge < -0.3 is 14.3 Å². The molecule has 0 aliphatic carbocycles. The van der Waals surface area contributed by atoms with Crippen LogP contribution in [0.1, 0.15) is 47.5 Å². The predicted molar refractivity (Wildman–Crippen MR) is 86.5 cm³/mol. The van der Waals surface area contributed by atoms with Gasteiger partial charge in [0, 0.05) is 0 Å². The van der Waals surface area contributed by atoms with Crippen molar-refractivity contribution in [1.82, 2.24) is 0 Å². The minimum Gasteiger partial charge on any atom is -0.413 e. The molecule has 0 unspecified atom stereocenters. The van der Waals surface area contributed by atoms with Gasteiger partial charge in [0.25, 0.3) is 0 Å². The van der Waals surface area contributed by atoms with E-state index < -0.39 is 8.32 Å². The molecule has 1 fully saturated rings. The van der Waals surface area contributed by atoms with Gasteiger partial charge in [0.15, 0.2) is 8.32 Å². The molecule has 1 N–H and O–H groups in total. The van der Waals surface area contributed by atoms with Gasteiger partial charge in [-0.15, -0.1) is 0 Å². The standard InChI is InChI=1S/C16H32O3Si/c1-13(11-18-20(6,7)15(2,3)4)9-8-10-14-16(5,12-17)19-14/h9,14,17H,8,10-12H2,1-7H3/b13-9+/t14-,16+/m1/s1. The van der Waals surface area contributed by atoms with Crippen molar-refractivity contribution in [3.63, 3.8) is 0 Å². The number of aliphatic hydroxyl groups is 1. The highest BCUT2D eigenvalue weighted by atomic mass is 28.4. The molecule has 1 saturated heterocycles. The minimum atomic E-state index is -1.64. The lowest BCUT2D eigenvalue weighted by Crippen LogP contribution is -2.41. The van der Waals surface area contributed by atoms with E-state index in [1.165, 1.54) is 5.57 Å². The molecule has 2 atom stereocenters.